The Labute approximate surface area is 61.0 Å². The van der Waals surface area contributed by atoms with Crippen LogP contribution in [0.5, 0.6) is 0 Å². The Morgan fingerprint density at radius 2 is 2.00 bits per heavy atom. The minimum absolute atomic E-state index is 0.187. The summed E-state index contributed by atoms with van der Waals surface area (Å²) in [4.78, 5) is 3.81. The molecular formula is C8H12FN. The molecule has 56 valence electrons. The maximum absolute atomic E-state index is 12.3. The molecule has 0 aliphatic carbocycles. The Kier molecular flexibility index (Phi) is 4.46. The van der Waals surface area contributed by atoms with Gasteiger partial charge in [0.2, 0.25) is 0 Å². The molecule has 0 saturated heterocycles. The van der Waals surface area contributed by atoms with Crippen molar-refractivity contribution in [2.24, 2.45) is 4.99 Å². The van der Waals surface area contributed by atoms with Gasteiger partial charge < -0.3 is 0 Å². The fraction of sp³-hybridized carbons (Fsp3) is 0.375. The Hall–Kier alpha value is -0.920. The van der Waals surface area contributed by atoms with Crippen molar-refractivity contribution in [3.8, 4) is 0 Å². The second kappa shape index (κ2) is 4.91. The van der Waals surface area contributed by atoms with Crippen molar-refractivity contribution in [1.29, 1.82) is 0 Å². The van der Waals surface area contributed by atoms with Crippen LogP contribution in [-0.2, 0) is 0 Å². The maximum atomic E-state index is 12.3. The van der Waals surface area contributed by atoms with Gasteiger partial charge in [-0.05, 0) is 26.3 Å². The van der Waals surface area contributed by atoms with Crippen molar-refractivity contribution >= 4 is 6.21 Å². The van der Waals surface area contributed by atoms with Crippen LogP contribution in [0.2, 0.25) is 0 Å². The number of hydrogen-bond acceptors (Lipinski definition) is 1. The molecule has 2 heteroatoms. The fourth-order valence-corrected chi connectivity index (χ4v) is 0.330. The lowest BCUT2D eigenvalue weighted by Gasteiger charge is -1.87. The Bertz CT molecular complexity index is 174. The largest absolute Gasteiger partial charge is 0.265 e. The number of hydrogen-bond donors (Lipinski definition) is 0. The zero-order chi connectivity index (χ0) is 7.98. The molecule has 0 aromatic rings. The van der Waals surface area contributed by atoms with Gasteiger partial charge >= 0.3 is 0 Å². The third-order valence-electron chi connectivity index (χ3n) is 1.05. The monoisotopic (exact) mass is 141 g/mol. The van der Waals surface area contributed by atoms with Crippen molar-refractivity contribution in [2.75, 3.05) is 0 Å². The summed E-state index contributed by atoms with van der Waals surface area (Å²) in [6.07, 6.45) is 4.90. The summed E-state index contributed by atoms with van der Waals surface area (Å²) in [5.74, 6) is -0.187. The molecule has 0 heterocycles. The van der Waals surface area contributed by atoms with E-state index in [1.807, 2.05) is 6.92 Å². The normalized spacial score (nSPS) is 14.8. The summed E-state index contributed by atoms with van der Waals surface area (Å²) < 4.78 is 12.3. The smallest absolute Gasteiger partial charge is 0.101 e. The van der Waals surface area contributed by atoms with Crippen LogP contribution in [0.3, 0.4) is 0 Å². The third kappa shape index (κ3) is 4.01. The van der Waals surface area contributed by atoms with Gasteiger partial charge in [-0.1, -0.05) is 6.08 Å². The van der Waals surface area contributed by atoms with Gasteiger partial charge in [0, 0.05) is 12.4 Å². The zero-order valence-corrected chi connectivity index (χ0v) is 6.56. The van der Waals surface area contributed by atoms with E-state index in [2.05, 4.69) is 4.99 Å². The lowest BCUT2D eigenvalue weighted by atomic mass is 10.3. The van der Waals surface area contributed by atoms with Crippen LogP contribution in [0, 0.1) is 0 Å². The van der Waals surface area contributed by atoms with Crippen LogP contribution >= 0.6 is 0 Å². The van der Waals surface area contributed by atoms with Crippen molar-refractivity contribution in [3.63, 3.8) is 0 Å². The van der Waals surface area contributed by atoms with Crippen molar-refractivity contribution in [1.82, 2.24) is 0 Å². The molecule has 0 N–H and O–H groups in total. The minimum Gasteiger partial charge on any atom is -0.265 e. The van der Waals surface area contributed by atoms with E-state index in [0.717, 1.165) is 0 Å². The molecule has 0 amide bonds. The van der Waals surface area contributed by atoms with Gasteiger partial charge in [0.1, 0.15) is 5.83 Å². The number of allylic oxidation sites excluding steroid dienone is 3. The van der Waals surface area contributed by atoms with Crippen molar-refractivity contribution in [2.45, 2.75) is 20.8 Å². The van der Waals surface area contributed by atoms with E-state index in [1.54, 1.807) is 19.2 Å². The van der Waals surface area contributed by atoms with Crippen LogP contribution < -0.4 is 0 Å². The van der Waals surface area contributed by atoms with Crippen LogP contribution in [0.15, 0.2) is 28.7 Å². The molecule has 0 aliphatic heterocycles. The van der Waals surface area contributed by atoms with Gasteiger partial charge in [-0.2, -0.15) is 0 Å². The van der Waals surface area contributed by atoms with Crippen LogP contribution in [0.1, 0.15) is 20.8 Å². The van der Waals surface area contributed by atoms with E-state index in [9.17, 15) is 4.39 Å². The summed E-state index contributed by atoms with van der Waals surface area (Å²) in [6.45, 7) is 4.96. The standard InChI is InChI=1S/C8H12FN/c1-4-5-10-6-7(2)8(3)9/h4-6H,1-3H3/b5-4-,8-7+,10-6-. The number of halogens is 1. The fourth-order valence-electron chi connectivity index (χ4n) is 0.330. The van der Waals surface area contributed by atoms with Gasteiger partial charge in [0.05, 0.1) is 0 Å². The average molecular weight is 141 g/mol. The van der Waals surface area contributed by atoms with Gasteiger partial charge in [0.25, 0.3) is 0 Å². The highest BCUT2D eigenvalue weighted by Crippen LogP contribution is 2.00. The molecule has 0 saturated carbocycles. The Morgan fingerprint density at radius 3 is 2.40 bits per heavy atom. The van der Waals surface area contributed by atoms with E-state index in [1.165, 1.54) is 13.1 Å². The number of nitrogens with zero attached hydrogens (tertiary/aromatic N) is 1. The first-order chi connectivity index (χ1) is 4.68. The average Bonchev–Trinajstić information content (AvgIpc) is 1.88. The highest BCUT2D eigenvalue weighted by molar-refractivity contribution is 5.78. The molecule has 0 aromatic carbocycles. The predicted molar refractivity (Wildman–Crippen MR) is 42.8 cm³/mol. The van der Waals surface area contributed by atoms with E-state index in [0.29, 0.717) is 5.57 Å². The highest BCUT2D eigenvalue weighted by Gasteiger charge is 1.87. The molecular weight excluding hydrogens is 129 g/mol. The van der Waals surface area contributed by atoms with Gasteiger partial charge in [-0.15, -0.1) is 0 Å². The molecule has 0 spiro atoms. The third-order valence-corrected chi connectivity index (χ3v) is 1.05. The first-order valence-electron chi connectivity index (χ1n) is 3.15. The Balaban J connectivity index is 4.03. The van der Waals surface area contributed by atoms with Crippen LogP contribution in [-0.4, -0.2) is 6.21 Å². The Morgan fingerprint density at radius 1 is 1.40 bits per heavy atom. The zero-order valence-electron chi connectivity index (χ0n) is 6.56. The van der Waals surface area contributed by atoms with E-state index in [-0.39, 0.29) is 5.83 Å². The molecule has 0 rings (SSSR count). The summed E-state index contributed by atoms with van der Waals surface area (Å²) in [5.41, 5.74) is 0.568. The summed E-state index contributed by atoms with van der Waals surface area (Å²) in [6, 6.07) is 0. The quantitative estimate of drug-likeness (QED) is 0.524. The number of aliphatic imine (C=N–C) groups is 1. The summed E-state index contributed by atoms with van der Waals surface area (Å²) in [7, 11) is 0. The molecule has 0 radical (unpaired) electrons. The highest BCUT2D eigenvalue weighted by atomic mass is 19.1. The second-order valence-electron chi connectivity index (χ2n) is 1.98. The topological polar surface area (TPSA) is 12.4 Å². The minimum atomic E-state index is -0.187. The lowest BCUT2D eigenvalue weighted by Crippen LogP contribution is -1.78. The molecule has 0 aromatic heterocycles. The number of rotatable bonds is 2. The molecule has 0 unspecified atom stereocenters. The predicted octanol–water partition coefficient (Wildman–Crippen LogP) is 2.85. The molecule has 0 fully saturated rings. The maximum Gasteiger partial charge on any atom is 0.101 e. The van der Waals surface area contributed by atoms with Crippen LogP contribution in [0.4, 0.5) is 4.39 Å². The second-order valence-corrected chi connectivity index (χ2v) is 1.98. The van der Waals surface area contributed by atoms with Gasteiger partial charge in [-0.3, -0.25) is 4.99 Å². The first-order valence-corrected chi connectivity index (χ1v) is 3.15. The lowest BCUT2D eigenvalue weighted by molar-refractivity contribution is 0.634. The van der Waals surface area contributed by atoms with E-state index in [4.69, 9.17) is 0 Å². The van der Waals surface area contributed by atoms with Crippen molar-refractivity contribution in [3.05, 3.63) is 23.7 Å². The van der Waals surface area contributed by atoms with E-state index >= 15 is 0 Å². The SMILES string of the molecule is C\C=C/N=C\C(C)=C(/C)F. The molecule has 10 heavy (non-hydrogen) atoms. The van der Waals surface area contributed by atoms with E-state index < -0.39 is 0 Å². The van der Waals surface area contributed by atoms with Gasteiger partial charge in [0.15, 0.2) is 0 Å². The van der Waals surface area contributed by atoms with Gasteiger partial charge in [-0.25, -0.2) is 4.39 Å². The molecule has 0 bridgehead atoms. The summed E-state index contributed by atoms with van der Waals surface area (Å²) >= 11 is 0. The van der Waals surface area contributed by atoms with Crippen molar-refractivity contribution < 1.29 is 4.39 Å². The molecule has 0 aliphatic rings. The first kappa shape index (κ1) is 9.08. The molecule has 0 atom stereocenters. The molecule has 1 nitrogen and oxygen atoms in total. The van der Waals surface area contributed by atoms with Crippen LogP contribution in [0.25, 0.3) is 0 Å². The summed E-state index contributed by atoms with van der Waals surface area (Å²) in [5, 5.41) is 0.